The Hall–Kier alpha value is -4.05. The molecule has 0 rings (SSSR count). The fourth-order valence-corrected chi connectivity index (χ4v) is 6.57. The summed E-state index contributed by atoms with van der Waals surface area (Å²) >= 11 is 0. The molecular formula is C58H95NO8. The van der Waals surface area contributed by atoms with Crippen molar-refractivity contribution in [2.24, 2.45) is 0 Å². The molecule has 0 radical (unpaired) electrons. The average Bonchev–Trinajstić information content (AvgIpc) is 3.29. The molecule has 0 aromatic heterocycles. The summed E-state index contributed by atoms with van der Waals surface area (Å²) < 4.78 is 22.5. The van der Waals surface area contributed by atoms with Crippen LogP contribution in [0.4, 0.5) is 0 Å². The molecule has 0 aromatic rings. The molecule has 0 bridgehead atoms. The Morgan fingerprint density at radius 2 is 0.836 bits per heavy atom. The quantitative estimate of drug-likeness (QED) is 0.0195. The highest BCUT2D eigenvalue weighted by Crippen LogP contribution is 2.15. The number of quaternary nitrogens is 1. The first-order valence-corrected chi connectivity index (χ1v) is 26.0. The van der Waals surface area contributed by atoms with Crippen LogP contribution in [0.15, 0.2) is 109 Å². The number of likely N-dealkylation sites (N-methyl/N-ethyl adjacent to an activating group) is 1. The molecule has 0 aliphatic rings. The molecule has 0 fully saturated rings. The van der Waals surface area contributed by atoms with Gasteiger partial charge in [-0.3, -0.25) is 9.59 Å². The molecular weight excluding hydrogens is 839 g/mol. The molecule has 0 amide bonds. The van der Waals surface area contributed by atoms with Crippen molar-refractivity contribution in [3.05, 3.63) is 109 Å². The summed E-state index contributed by atoms with van der Waals surface area (Å²) in [6.45, 7) is 4.41. The van der Waals surface area contributed by atoms with Crippen LogP contribution in [-0.2, 0) is 33.3 Å². The van der Waals surface area contributed by atoms with Crippen LogP contribution in [0.3, 0.4) is 0 Å². The lowest BCUT2D eigenvalue weighted by atomic mass is 10.0. The van der Waals surface area contributed by atoms with E-state index in [1.807, 2.05) is 33.3 Å². The van der Waals surface area contributed by atoms with E-state index in [4.69, 9.17) is 18.9 Å². The largest absolute Gasteiger partial charge is 0.545 e. The van der Waals surface area contributed by atoms with Crippen LogP contribution in [0.2, 0.25) is 0 Å². The van der Waals surface area contributed by atoms with E-state index < -0.39 is 30.3 Å². The minimum absolute atomic E-state index is 0.132. The number of carboxylic acid groups (broad SMARTS) is 1. The van der Waals surface area contributed by atoms with Gasteiger partial charge in [0.25, 0.3) is 0 Å². The predicted molar refractivity (Wildman–Crippen MR) is 278 cm³/mol. The van der Waals surface area contributed by atoms with Gasteiger partial charge in [0.1, 0.15) is 13.2 Å². The zero-order valence-corrected chi connectivity index (χ0v) is 43.0. The van der Waals surface area contributed by atoms with E-state index in [0.717, 1.165) is 77.0 Å². The number of carbonyl (C=O) groups is 3. The van der Waals surface area contributed by atoms with Gasteiger partial charge in [-0.15, -0.1) is 0 Å². The molecule has 0 aliphatic heterocycles. The topological polar surface area (TPSA) is 111 Å². The second-order valence-corrected chi connectivity index (χ2v) is 18.0. The lowest BCUT2D eigenvalue weighted by Gasteiger charge is -2.26. The first-order chi connectivity index (χ1) is 32.6. The Labute approximate surface area is 409 Å². The van der Waals surface area contributed by atoms with Gasteiger partial charge >= 0.3 is 11.9 Å². The van der Waals surface area contributed by atoms with Gasteiger partial charge in [0.2, 0.25) is 0 Å². The van der Waals surface area contributed by atoms with E-state index in [0.29, 0.717) is 23.9 Å². The zero-order valence-electron chi connectivity index (χ0n) is 43.0. The molecule has 380 valence electrons. The SMILES string of the molecule is CC/C=C\C/C=C\C/C=C\C/C=C\C/C=C\CCCCCCCCCCCCCCCC(=O)OC(COC(=O)CC/C=C\C/C=C\C/C=C\C/C=C\CC)COC(OCC[N+](C)(C)C)C(=O)[O-]. The van der Waals surface area contributed by atoms with Crippen molar-refractivity contribution in [3.8, 4) is 0 Å². The summed E-state index contributed by atoms with van der Waals surface area (Å²) in [6, 6.07) is 0. The number of ether oxygens (including phenoxy) is 4. The van der Waals surface area contributed by atoms with E-state index in [2.05, 4.69) is 111 Å². The number of hydrogen-bond acceptors (Lipinski definition) is 8. The number of rotatable bonds is 46. The van der Waals surface area contributed by atoms with Gasteiger partial charge in [-0.05, 0) is 83.5 Å². The highest BCUT2D eigenvalue weighted by Gasteiger charge is 2.21. The first kappa shape index (κ1) is 63.0. The third-order valence-corrected chi connectivity index (χ3v) is 10.5. The number of unbranched alkanes of at least 4 members (excludes halogenated alkanes) is 13. The zero-order chi connectivity index (χ0) is 49.2. The second kappa shape index (κ2) is 48.4. The van der Waals surface area contributed by atoms with E-state index in [9.17, 15) is 19.5 Å². The number of hydrogen-bond donors (Lipinski definition) is 0. The summed E-state index contributed by atoms with van der Waals surface area (Å²) in [6.07, 6.45) is 63.0. The van der Waals surface area contributed by atoms with Gasteiger partial charge in [0.05, 0.1) is 40.3 Å². The number of carboxylic acids is 1. The van der Waals surface area contributed by atoms with Crippen molar-refractivity contribution in [1.82, 2.24) is 0 Å². The monoisotopic (exact) mass is 934 g/mol. The van der Waals surface area contributed by atoms with Crippen molar-refractivity contribution >= 4 is 17.9 Å². The van der Waals surface area contributed by atoms with Gasteiger partial charge in [0, 0.05) is 12.8 Å². The second-order valence-electron chi connectivity index (χ2n) is 18.0. The van der Waals surface area contributed by atoms with Crippen LogP contribution in [0.25, 0.3) is 0 Å². The minimum Gasteiger partial charge on any atom is -0.545 e. The van der Waals surface area contributed by atoms with E-state index in [1.165, 1.54) is 64.2 Å². The van der Waals surface area contributed by atoms with Crippen molar-refractivity contribution < 1.29 is 42.9 Å². The molecule has 2 atom stereocenters. The molecule has 2 unspecified atom stereocenters. The molecule has 0 saturated heterocycles. The minimum atomic E-state index is -1.64. The molecule has 0 heterocycles. The number of esters is 2. The normalized spacial score (nSPS) is 13.7. The highest BCUT2D eigenvalue weighted by molar-refractivity contribution is 5.70. The Bertz CT molecular complexity index is 1460. The highest BCUT2D eigenvalue weighted by atomic mass is 16.7. The predicted octanol–water partition coefficient (Wildman–Crippen LogP) is 13.4. The maximum Gasteiger partial charge on any atom is 0.306 e. The standard InChI is InChI=1S/C58H95NO8/c1-6-8-10-12-14-16-18-20-21-22-23-24-25-26-27-28-29-30-31-32-33-34-35-37-39-41-43-45-47-49-56(61)67-54(53-66-58(57(62)63)64-51-50-59(3,4)5)52-65-55(60)48-46-44-42-40-38-36-19-17-15-13-11-9-7-2/h8-11,14-17,20-21,23-24,26-27,36,38,42,44,54,58H,6-7,12-13,18-19,22,25,28-35,37,39-41,43,45-53H2,1-5H3/b10-8-,11-9-,16-14-,17-15-,21-20-,24-23-,27-26-,38-36-,44-42-. The molecule has 9 nitrogen and oxygen atoms in total. The first-order valence-electron chi connectivity index (χ1n) is 26.0. The van der Waals surface area contributed by atoms with Crippen LogP contribution in [-0.4, -0.2) is 82.3 Å². The maximum atomic E-state index is 12.8. The molecule has 0 spiro atoms. The number of nitrogens with zero attached hydrogens (tertiary/aromatic N) is 1. The van der Waals surface area contributed by atoms with Crippen molar-refractivity contribution in [2.45, 2.75) is 193 Å². The number of aliphatic carboxylic acids is 1. The molecule has 0 N–H and O–H groups in total. The fraction of sp³-hybridized carbons (Fsp3) is 0.638. The molecule has 67 heavy (non-hydrogen) atoms. The van der Waals surface area contributed by atoms with Gasteiger partial charge in [0.15, 0.2) is 12.4 Å². The Balaban J connectivity index is 4.28. The molecule has 0 aliphatic carbocycles. The van der Waals surface area contributed by atoms with E-state index >= 15 is 0 Å². The fourth-order valence-electron chi connectivity index (χ4n) is 6.57. The Kier molecular flexibility index (Phi) is 45.5. The van der Waals surface area contributed by atoms with Crippen LogP contribution < -0.4 is 5.11 Å². The van der Waals surface area contributed by atoms with Crippen molar-refractivity contribution in [2.75, 3.05) is 47.5 Å². The summed E-state index contributed by atoms with van der Waals surface area (Å²) in [5, 5.41) is 11.7. The van der Waals surface area contributed by atoms with Crippen LogP contribution in [0, 0.1) is 0 Å². The van der Waals surface area contributed by atoms with Gasteiger partial charge in [-0.2, -0.15) is 0 Å². The molecule has 0 saturated carbocycles. The van der Waals surface area contributed by atoms with Crippen LogP contribution in [0.5, 0.6) is 0 Å². The van der Waals surface area contributed by atoms with Gasteiger partial charge in [-0.25, -0.2) is 0 Å². The smallest absolute Gasteiger partial charge is 0.306 e. The summed E-state index contributed by atoms with van der Waals surface area (Å²) in [5.41, 5.74) is 0. The number of allylic oxidation sites excluding steroid dienone is 18. The Morgan fingerprint density at radius 1 is 0.448 bits per heavy atom. The van der Waals surface area contributed by atoms with Gasteiger partial charge < -0.3 is 33.3 Å². The lowest BCUT2D eigenvalue weighted by molar-refractivity contribution is -0.870. The summed E-state index contributed by atoms with van der Waals surface area (Å²) in [7, 11) is 5.88. The third-order valence-electron chi connectivity index (χ3n) is 10.5. The van der Waals surface area contributed by atoms with E-state index in [-0.39, 0.29) is 32.7 Å². The van der Waals surface area contributed by atoms with Crippen molar-refractivity contribution in [3.63, 3.8) is 0 Å². The van der Waals surface area contributed by atoms with Gasteiger partial charge in [-0.1, -0.05) is 194 Å². The maximum absolute atomic E-state index is 12.8. The summed E-state index contributed by atoms with van der Waals surface area (Å²) in [5.74, 6) is -2.40. The third kappa shape index (κ3) is 49.7. The molecule has 0 aromatic carbocycles. The van der Waals surface area contributed by atoms with Crippen molar-refractivity contribution in [1.29, 1.82) is 0 Å². The Morgan fingerprint density at radius 3 is 1.25 bits per heavy atom. The molecule has 9 heteroatoms. The van der Waals surface area contributed by atoms with Crippen LogP contribution in [0.1, 0.15) is 181 Å². The average molecular weight is 934 g/mol. The van der Waals surface area contributed by atoms with E-state index in [1.54, 1.807) is 0 Å². The summed E-state index contributed by atoms with van der Waals surface area (Å²) in [4.78, 5) is 37.1. The van der Waals surface area contributed by atoms with Crippen LogP contribution >= 0.6 is 0 Å². The number of carbonyl (C=O) groups excluding carboxylic acids is 3. The lowest BCUT2D eigenvalue weighted by Crippen LogP contribution is -2.44.